The number of aromatic nitrogens is 1. The molecule has 2 rings (SSSR count). The van der Waals surface area contributed by atoms with Crippen LogP contribution < -0.4 is 24.8 Å². The van der Waals surface area contributed by atoms with E-state index in [1.54, 1.807) is 0 Å². The molecule has 0 aliphatic heterocycles. The Kier molecular flexibility index (Phi) is 14.9. The van der Waals surface area contributed by atoms with Crippen molar-refractivity contribution in [2.45, 2.75) is 27.2 Å². The van der Waals surface area contributed by atoms with Crippen LogP contribution in [0.3, 0.4) is 0 Å². The van der Waals surface area contributed by atoms with E-state index in [-0.39, 0.29) is 51.0 Å². The summed E-state index contributed by atoms with van der Waals surface area (Å²) in [6.45, 7) is 6.32. The molecular weight excluding hydrogens is 332 g/mol. The first-order valence-electron chi connectivity index (χ1n) is 4.86. The first-order valence-corrected chi connectivity index (χ1v) is 4.86. The molecule has 17 heavy (non-hydrogen) atoms. The van der Waals surface area contributed by atoms with Crippen LogP contribution in [0.2, 0.25) is 0 Å². The molecule has 0 N–H and O–H groups in total. The van der Waals surface area contributed by atoms with Crippen LogP contribution >= 0.6 is 0 Å². The number of halogens is 2. The Hall–Kier alpha value is 0.223. The largest absolute Gasteiger partial charge is 4.00 e. The second kappa shape index (κ2) is 11.3. The smallest absolute Gasteiger partial charge is 1.00 e. The van der Waals surface area contributed by atoms with Crippen LogP contribution in [0.1, 0.15) is 23.2 Å². The Bertz CT molecular complexity index is 335. The van der Waals surface area contributed by atoms with Crippen LogP contribution in [0.15, 0.2) is 18.2 Å². The van der Waals surface area contributed by atoms with Crippen LogP contribution in [0.5, 0.6) is 0 Å². The Morgan fingerprint density at radius 3 is 1.88 bits per heavy atom. The monoisotopic (exact) mass is 347 g/mol. The summed E-state index contributed by atoms with van der Waals surface area (Å²) in [7, 11) is 2.02. The van der Waals surface area contributed by atoms with Gasteiger partial charge < -0.3 is 29.4 Å². The van der Waals surface area contributed by atoms with Crippen molar-refractivity contribution in [1.29, 1.82) is 0 Å². The van der Waals surface area contributed by atoms with E-state index in [0.29, 0.717) is 0 Å². The second-order valence-corrected chi connectivity index (χ2v) is 3.51. The van der Waals surface area contributed by atoms with Gasteiger partial charge in [0.25, 0.3) is 0 Å². The normalized spacial score (nSPS) is 10.6. The molecule has 0 fully saturated rings. The van der Waals surface area contributed by atoms with Gasteiger partial charge in [0.15, 0.2) is 0 Å². The number of hydrogen-bond acceptors (Lipinski definition) is 0. The van der Waals surface area contributed by atoms with E-state index in [2.05, 4.69) is 39.1 Å². The fourth-order valence-electron chi connectivity index (χ4n) is 1.28. The van der Waals surface area contributed by atoms with Gasteiger partial charge in [0.05, 0.1) is 0 Å². The molecule has 1 aliphatic rings. The maximum Gasteiger partial charge on any atom is 4.00 e. The molecule has 0 atom stereocenters. The maximum atomic E-state index is 3.19. The molecule has 0 spiro atoms. The van der Waals surface area contributed by atoms with Crippen LogP contribution in [0.25, 0.3) is 0 Å². The minimum Gasteiger partial charge on any atom is -1.00 e. The molecule has 1 heterocycles. The minimum atomic E-state index is 0. The molecule has 0 unspecified atom stereocenters. The summed E-state index contributed by atoms with van der Waals surface area (Å²) in [5.74, 6) is 0. The number of hydrogen-bond donors (Lipinski definition) is 0. The second-order valence-electron chi connectivity index (χ2n) is 3.51. The predicted molar refractivity (Wildman–Crippen MR) is 60.0 cm³/mol. The van der Waals surface area contributed by atoms with Gasteiger partial charge in [-0.3, -0.25) is 6.08 Å². The summed E-state index contributed by atoms with van der Waals surface area (Å²) in [5.41, 5.74) is 3.93. The van der Waals surface area contributed by atoms with Gasteiger partial charge >= 0.3 is 26.2 Å². The SMILES string of the molecule is Cc1[c-]n(C)c(C)c1C.[C-]1=CC=CC1.[Cl-].[Cl-].[Zr+4]. The molecule has 1 aromatic heterocycles. The van der Waals surface area contributed by atoms with Gasteiger partial charge in [0.2, 0.25) is 0 Å². The average Bonchev–Trinajstić information content (AvgIpc) is 2.78. The van der Waals surface area contributed by atoms with Gasteiger partial charge in [-0.15, -0.1) is 18.3 Å². The van der Waals surface area contributed by atoms with Gasteiger partial charge in [-0.1, -0.05) is 20.8 Å². The molecule has 1 aliphatic carbocycles. The first kappa shape index (κ1) is 22.4. The average molecular weight is 349 g/mol. The molecule has 0 amide bonds. The third-order valence-electron chi connectivity index (χ3n) is 2.53. The maximum absolute atomic E-state index is 3.19. The number of nitrogens with zero attached hydrogens (tertiary/aromatic N) is 1. The van der Waals surface area contributed by atoms with E-state index in [4.69, 9.17) is 0 Å². The standard InChI is InChI=1S/C8H12N.C5H5.2ClH.Zr/c1-6-5-9(4)8(3)7(6)2;1-2-4-5-3-1;;;/h1-4H3;1-3H,4H2;2*1H;/q2*-1;;;+4/p-2. The van der Waals surface area contributed by atoms with Gasteiger partial charge in [0, 0.05) is 0 Å². The number of aryl methyl sites for hydroxylation is 2. The van der Waals surface area contributed by atoms with Crippen molar-refractivity contribution in [1.82, 2.24) is 4.57 Å². The summed E-state index contributed by atoms with van der Waals surface area (Å²) >= 11 is 0. The van der Waals surface area contributed by atoms with Gasteiger partial charge in [-0.2, -0.15) is 17.2 Å². The van der Waals surface area contributed by atoms with Crippen LogP contribution in [0, 0.1) is 33.0 Å². The molecule has 0 saturated heterocycles. The molecule has 0 saturated carbocycles. The summed E-state index contributed by atoms with van der Waals surface area (Å²) in [6, 6.07) is 0. The zero-order valence-electron chi connectivity index (χ0n) is 10.6. The number of rotatable bonds is 0. The molecule has 92 valence electrons. The van der Waals surface area contributed by atoms with Gasteiger partial charge in [-0.25, -0.2) is 12.2 Å². The Morgan fingerprint density at radius 1 is 1.18 bits per heavy atom. The third kappa shape index (κ3) is 7.29. The van der Waals surface area contributed by atoms with Crippen molar-refractivity contribution < 1.29 is 51.0 Å². The Balaban J connectivity index is -0.000000216. The summed E-state index contributed by atoms with van der Waals surface area (Å²) in [5, 5.41) is 0. The van der Waals surface area contributed by atoms with Crippen molar-refractivity contribution in [3.63, 3.8) is 0 Å². The fourth-order valence-corrected chi connectivity index (χ4v) is 1.28. The van der Waals surface area contributed by atoms with Gasteiger partial charge in [0.1, 0.15) is 0 Å². The molecule has 1 aromatic rings. The van der Waals surface area contributed by atoms with Crippen molar-refractivity contribution in [2.24, 2.45) is 7.05 Å². The topological polar surface area (TPSA) is 4.93 Å². The molecule has 0 bridgehead atoms. The molecular formula is C13H17Cl2NZr. The predicted octanol–water partition coefficient (Wildman–Crippen LogP) is -2.94. The zero-order valence-corrected chi connectivity index (χ0v) is 14.6. The first-order chi connectivity index (χ1) is 6.63. The third-order valence-corrected chi connectivity index (χ3v) is 2.53. The van der Waals surface area contributed by atoms with E-state index in [1.165, 1.54) is 16.8 Å². The summed E-state index contributed by atoms with van der Waals surface area (Å²) in [6.07, 6.45) is 13.2. The summed E-state index contributed by atoms with van der Waals surface area (Å²) in [4.78, 5) is 0. The molecule has 1 nitrogen and oxygen atoms in total. The van der Waals surface area contributed by atoms with Crippen LogP contribution in [0.4, 0.5) is 0 Å². The van der Waals surface area contributed by atoms with E-state index in [9.17, 15) is 0 Å². The van der Waals surface area contributed by atoms with E-state index < -0.39 is 0 Å². The fraction of sp³-hybridized carbons (Fsp3) is 0.385. The van der Waals surface area contributed by atoms with Crippen LogP contribution in [-0.4, -0.2) is 4.57 Å². The molecule has 4 heteroatoms. The van der Waals surface area contributed by atoms with E-state index >= 15 is 0 Å². The van der Waals surface area contributed by atoms with Crippen molar-refractivity contribution in [3.05, 3.63) is 47.3 Å². The minimum absolute atomic E-state index is 0. The van der Waals surface area contributed by atoms with Crippen LogP contribution in [-0.2, 0) is 33.3 Å². The summed E-state index contributed by atoms with van der Waals surface area (Å²) < 4.78 is 2.03. The van der Waals surface area contributed by atoms with Crippen molar-refractivity contribution in [2.75, 3.05) is 0 Å². The van der Waals surface area contributed by atoms with Gasteiger partial charge in [-0.05, 0) is 7.05 Å². The van der Waals surface area contributed by atoms with Crippen molar-refractivity contribution in [3.8, 4) is 0 Å². The van der Waals surface area contributed by atoms with E-state index in [1.807, 2.05) is 23.8 Å². The molecule has 0 radical (unpaired) electrons. The number of allylic oxidation sites excluding steroid dienone is 4. The Labute approximate surface area is 136 Å². The molecule has 0 aromatic carbocycles. The zero-order chi connectivity index (χ0) is 10.6. The van der Waals surface area contributed by atoms with Crippen molar-refractivity contribution >= 4 is 0 Å². The van der Waals surface area contributed by atoms with E-state index in [0.717, 1.165) is 6.42 Å². The Morgan fingerprint density at radius 2 is 1.76 bits per heavy atom. The quantitative estimate of drug-likeness (QED) is 0.442.